The van der Waals surface area contributed by atoms with Gasteiger partial charge < -0.3 is 10.1 Å². The van der Waals surface area contributed by atoms with Crippen LogP contribution >= 0.6 is 0 Å². The van der Waals surface area contributed by atoms with E-state index in [1.165, 1.54) is 0 Å². The molecule has 2 N–H and O–H groups in total. The second-order valence-electron chi connectivity index (χ2n) is 9.32. The van der Waals surface area contributed by atoms with Crippen molar-refractivity contribution in [1.82, 2.24) is 5.32 Å². The monoisotopic (exact) mass is 430 g/mol. The van der Waals surface area contributed by atoms with E-state index in [0.717, 1.165) is 18.4 Å². The van der Waals surface area contributed by atoms with Crippen molar-refractivity contribution < 1.29 is 17.9 Å². The van der Waals surface area contributed by atoms with Gasteiger partial charge in [0, 0.05) is 29.6 Å². The summed E-state index contributed by atoms with van der Waals surface area (Å²) in [6.07, 6.45) is 1.29. The van der Waals surface area contributed by atoms with Gasteiger partial charge in [-0.25, -0.2) is 13.2 Å². The molecule has 2 aromatic carbocycles. The molecule has 0 saturated carbocycles. The molecule has 162 valence electrons. The molecule has 0 unspecified atom stereocenters. The van der Waals surface area contributed by atoms with Gasteiger partial charge in [0.15, 0.2) is 0 Å². The van der Waals surface area contributed by atoms with Gasteiger partial charge in [0.1, 0.15) is 6.10 Å². The van der Waals surface area contributed by atoms with Gasteiger partial charge in [0.05, 0.1) is 10.5 Å². The highest BCUT2D eigenvalue weighted by atomic mass is 32.2. The van der Waals surface area contributed by atoms with Crippen molar-refractivity contribution in [2.24, 2.45) is 0 Å². The van der Waals surface area contributed by atoms with E-state index in [4.69, 9.17) is 4.74 Å². The molecular weight excluding hydrogens is 400 g/mol. The Morgan fingerprint density at radius 3 is 2.03 bits per heavy atom. The summed E-state index contributed by atoms with van der Waals surface area (Å²) in [4.78, 5) is 12.8. The van der Waals surface area contributed by atoms with E-state index in [9.17, 15) is 13.2 Å². The van der Waals surface area contributed by atoms with Gasteiger partial charge >= 0.3 is 5.97 Å². The first kappa shape index (κ1) is 22.3. The minimum Gasteiger partial charge on any atom is -0.459 e. The summed E-state index contributed by atoms with van der Waals surface area (Å²) in [6.45, 7) is 10.3. The number of benzene rings is 2. The summed E-state index contributed by atoms with van der Waals surface area (Å²) in [5, 5.41) is 3.56. The van der Waals surface area contributed by atoms with Gasteiger partial charge in [-0.2, -0.15) is 0 Å². The van der Waals surface area contributed by atoms with Crippen LogP contribution in [0.5, 0.6) is 0 Å². The molecule has 1 aliphatic rings. The Kier molecular flexibility index (Phi) is 5.98. The van der Waals surface area contributed by atoms with E-state index in [0.29, 0.717) is 11.3 Å². The van der Waals surface area contributed by atoms with Crippen LogP contribution < -0.4 is 10.0 Å². The predicted octanol–water partition coefficient (Wildman–Crippen LogP) is 4.26. The standard InChI is InChI=1S/C23H30N2O4S/c1-16-6-12-20(13-7-16)30(27,28)24-18-10-8-17(9-11-18)21(26)29-19-14-22(2,3)25-23(4,5)15-19/h6-13,19,24-25H,14-15H2,1-5H3. The molecule has 0 radical (unpaired) electrons. The molecule has 0 spiro atoms. The minimum absolute atomic E-state index is 0.120. The van der Waals surface area contributed by atoms with Crippen LogP contribution in [0.15, 0.2) is 53.4 Å². The summed E-state index contributed by atoms with van der Waals surface area (Å²) >= 11 is 0. The number of aryl methyl sites for hydroxylation is 1. The van der Waals surface area contributed by atoms with E-state index in [2.05, 4.69) is 37.7 Å². The molecule has 1 fully saturated rings. The van der Waals surface area contributed by atoms with Crippen LogP contribution in [0, 0.1) is 6.92 Å². The second-order valence-corrected chi connectivity index (χ2v) is 11.0. The molecule has 6 nitrogen and oxygen atoms in total. The third-order valence-corrected chi connectivity index (χ3v) is 6.53. The zero-order valence-corrected chi connectivity index (χ0v) is 19.0. The van der Waals surface area contributed by atoms with E-state index in [1.54, 1.807) is 48.5 Å². The highest BCUT2D eigenvalue weighted by Gasteiger charge is 2.39. The maximum atomic E-state index is 12.6. The van der Waals surface area contributed by atoms with E-state index >= 15 is 0 Å². The van der Waals surface area contributed by atoms with Crippen molar-refractivity contribution in [3.8, 4) is 0 Å². The van der Waals surface area contributed by atoms with Gasteiger partial charge in [-0.3, -0.25) is 4.72 Å². The first-order valence-corrected chi connectivity index (χ1v) is 11.5. The van der Waals surface area contributed by atoms with Gasteiger partial charge in [-0.05, 0) is 71.0 Å². The molecule has 1 saturated heterocycles. The van der Waals surface area contributed by atoms with Crippen molar-refractivity contribution in [2.75, 3.05) is 4.72 Å². The summed E-state index contributed by atoms with van der Waals surface area (Å²) in [5.74, 6) is -0.401. The number of piperidine rings is 1. The number of rotatable bonds is 5. The maximum absolute atomic E-state index is 12.6. The Hall–Kier alpha value is -2.38. The lowest BCUT2D eigenvalue weighted by Crippen LogP contribution is -2.59. The zero-order valence-electron chi connectivity index (χ0n) is 18.2. The summed E-state index contributed by atoms with van der Waals surface area (Å²) in [5.41, 5.74) is 1.52. The third-order valence-electron chi connectivity index (χ3n) is 5.13. The number of carbonyl (C=O) groups is 1. The maximum Gasteiger partial charge on any atom is 0.338 e. The van der Waals surface area contributed by atoms with Gasteiger partial charge in [0.25, 0.3) is 10.0 Å². The highest BCUT2D eigenvalue weighted by molar-refractivity contribution is 7.92. The summed E-state index contributed by atoms with van der Waals surface area (Å²) in [6, 6.07) is 12.9. The van der Waals surface area contributed by atoms with Gasteiger partial charge in [-0.15, -0.1) is 0 Å². The quantitative estimate of drug-likeness (QED) is 0.693. The molecule has 7 heteroatoms. The van der Waals surface area contributed by atoms with Crippen LogP contribution in [-0.2, 0) is 14.8 Å². The van der Waals surface area contributed by atoms with Crippen LogP contribution in [0.3, 0.4) is 0 Å². The lowest BCUT2D eigenvalue weighted by atomic mass is 9.81. The van der Waals surface area contributed by atoms with Crippen LogP contribution in [0.1, 0.15) is 56.5 Å². The molecule has 1 heterocycles. The molecule has 1 aliphatic heterocycles. The predicted molar refractivity (Wildman–Crippen MR) is 118 cm³/mol. The Labute approximate surface area is 179 Å². The molecule has 0 aliphatic carbocycles. The van der Waals surface area contributed by atoms with E-state index in [-0.39, 0.29) is 22.1 Å². The molecule has 0 atom stereocenters. The smallest absolute Gasteiger partial charge is 0.338 e. The Morgan fingerprint density at radius 2 is 1.50 bits per heavy atom. The normalized spacial score (nSPS) is 18.6. The highest BCUT2D eigenvalue weighted by Crippen LogP contribution is 2.31. The van der Waals surface area contributed by atoms with Crippen LogP contribution in [-0.4, -0.2) is 31.6 Å². The lowest BCUT2D eigenvalue weighted by Gasteiger charge is -2.45. The number of esters is 1. The topological polar surface area (TPSA) is 84.5 Å². The minimum atomic E-state index is -3.68. The average molecular weight is 431 g/mol. The van der Waals surface area contributed by atoms with Crippen molar-refractivity contribution in [3.63, 3.8) is 0 Å². The van der Waals surface area contributed by atoms with Crippen LogP contribution in [0.2, 0.25) is 0 Å². The summed E-state index contributed by atoms with van der Waals surface area (Å²) in [7, 11) is -3.68. The number of hydrogen-bond acceptors (Lipinski definition) is 5. The molecule has 0 aromatic heterocycles. The number of hydrogen-bond donors (Lipinski definition) is 2. The fourth-order valence-electron chi connectivity index (χ4n) is 4.14. The van der Waals surface area contributed by atoms with Gasteiger partial charge in [0.2, 0.25) is 0 Å². The molecular formula is C23H30N2O4S. The van der Waals surface area contributed by atoms with E-state index < -0.39 is 16.0 Å². The first-order valence-electron chi connectivity index (χ1n) is 10.1. The van der Waals surface area contributed by atoms with Crippen molar-refractivity contribution in [1.29, 1.82) is 0 Å². The fourth-order valence-corrected chi connectivity index (χ4v) is 5.20. The number of anilines is 1. The second kappa shape index (κ2) is 8.04. The Balaban J connectivity index is 1.66. The fraction of sp³-hybridized carbons (Fsp3) is 0.435. The molecule has 0 amide bonds. The number of nitrogens with one attached hydrogen (secondary N) is 2. The largest absolute Gasteiger partial charge is 0.459 e. The van der Waals surface area contributed by atoms with E-state index in [1.807, 2.05) is 6.92 Å². The molecule has 30 heavy (non-hydrogen) atoms. The molecule has 2 aromatic rings. The van der Waals surface area contributed by atoms with Crippen molar-refractivity contribution in [3.05, 3.63) is 59.7 Å². The first-order chi connectivity index (χ1) is 13.9. The molecule has 0 bridgehead atoms. The third kappa shape index (κ3) is 5.61. The average Bonchev–Trinajstić information content (AvgIpc) is 2.59. The Bertz CT molecular complexity index is 994. The summed E-state index contributed by atoms with van der Waals surface area (Å²) < 4.78 is 33.3. The number of carbonyl (C=O) groups excluding carboxylic acids is 1. The van der Waals surface area contributed by atoms with Gasteiger partial charge in [-0.1, -0.05) is 17.7 Å². The Morgan fingerprint density at radius 1 is 0.967 bits per heavy atom. The van der Waals surface area contributed by atoms with Crippen LogP contribution in [0.4, 0.5) is 5.69 Å². The molecule has 3 rings (SSSR count). The lowest BCUT2D eigenvalue weighted by molar-refractivity contribution is -0.00637. The van der Waals surface area contributed by atoms with Crippen molar-refractivity contribution in [2.45, 2.75) is 69.5 Å². The zero-order chi connectivity index (χ0) is 22.2. The van der Waals surface area contributed by atoms with Crippen molar-refractivity contribution >= 4 is 21.7 Å². The SMILES string of the molecule is Cc1ccc(S(=O)(=O)Nc2ccc(C(=O)OC3CC(C)(C)NC(C)(C)C3)cc2)cc1. The number of ether oxygens (including phenoxy) is 1. The number of sulfonamides is 1. The van der Waals surface area contributed by atoms with Crippen LogP contribution in [0.25, 0.3) is 0 Å².